The van der Waals surface area contributed by atoms with Crippen molar-refractivity contribution in [1.82, 2.24) is 30.2 Å². The molecular weight excluding hydrogens is 358 g/mol. The van der Waals surface area contributed by atoms with Crippen LogP contribution in [0.5, 0.6) is 0 Å². The Balaban J connectivity index is 1.45. The van der Waals surface area contributed by atoms with Crippen molar-refractivity contribution in [1.29, 1.82) is 0 Å². The number of aromatic amines is 2. The summed E-state index contributed by atoms with van der Waals surface area (Å²) in [4.78, 5) is 29.9. The number of hydrogen-bond donors (Lipinski definition) is 3. The monoisotopic (exact) mass is 369 g/mol. The first-order chi connectivity index (χ1) is 12.6. The van der Waals surface area contributed by atoms with Crippen LogP contribution in [0.4, 0.5) is 5.69 Å². The Bertz CT molecular complexity index is 1140. The van der Waals surface area contributed by atoms with Gasteiger partial charge in [0, 0.05) is 16.3 Å². The molecule has 0 atom stereocenters. The number of aromatic nitrogens is 6. The van der Waals surface area contributed by atoms with Crippen molar-refractivity contribution in [3.05, 3.63) is 58.0 Å². The average molecular weight is 370 g/mol. The van der Waals surface area contributed by atoms with E-state index in [9.17, 15) is 9.59 Å². The zero-order valence-electron chi connectivity index (χ0n) is 13.2. The molecule has 2 aromatic carbocycles. The van der Waals surface area contributed by atoms with Crippen LogP contribution in [0.2, 0.25) is 5.02 Å². The summed E-state index contributed by atoms with van der Waals surface area (Å²) in [7, 11) is 0. The standard InChI is InChI=1S/C16H12ClN7O2/c17-10-3-1-9(2-4-10)15-21-23-24(22-15)8-14(25)18-11-5-6-12-13(7-11)20-16(26)19-12/h1-7H,8H2,(H,18,25)(H2,19,20,26). The first-order valence-electron chi connectivity index (χ1n) is 7.62. The minimum atomic E-state index is -0.317. The smallest absolute Gasteiger partial charge is 0.323 e. The van der Waals surface area contributed by atoms with Crippen molar-refractivity contribution >= 4 is 34.2 Å². The van der Waals surface area contributed by atoms with Crippen molar-refractivity contribution in [3.8, 4) is 11.4 Å². The summed E-state index contributed by atoms with van der Waals surface area (Å²) in [6, 6.07) is 12.1. The third-order valence-corrected chi connectivity index (χ3v) is 3.89. The van der Waals surface area contributed by atoms with Crippen LogP contribution in [0.25, 0.3) is 22.4 Å². The summed E-state index contributed by atoms with van der Waals surface area (Å²) < 4.78 is 0. The molecule has 4 aromatic rings. The molecule has 0 unspecified atom stereocenters. The highest BCUT2D eigenvalue weighted by molar-refractivity contribution is 6.30. The lowest BCUT2D eigenvalue weighted by Gasteiger charge is -2.04. The van der Waals surface area contributed by atoms with Gasteiger partial charge in [-0.15, -0.1) is 10.2 Å². The minimum absolute atomic E-state index is 0.0950. The molecule has 0 spiro atoms. The number of benzene rings is 2. The fourth-order valence-electron chi connectivity index (χ4n) is 2.46. The van der Waals surface area contributed by atoms with Gasteiger partial charge in [0.25, 0.3) is 0 Å². The normalized spacial score (nSPS) is 11.0. The Hall–Kier alpha value is -3.46. The molecule has 0 saturated heterocycles. The zero-order chi connectivity index (χ0) is 18.1. The van der Waals surface area contributed by atoms with E-state index in [1.807, 2.05) is 0 Å². The number of fused-ring (bicyclic) bond motifs is 1. The number of tetrazole rings is 1. The first kappa shape index (κ1) is 16.0. The van der Waals surface area contributed by atoms with Gasteiger partial charge in [0.2, 0.25) is 11.7 Å². The van der Waals surface area contributed by atoms with E-state index >= 15 is 0 Å². The predicted molar refractivity (Wildman–Crippen MR) is 95.8 cm³/mol. The van der Waals surface area contributed by atoms with Crippen LogP contribution in [-0.2, 0) is 11.3 Å². The number of rotatable bonds is 4. The highest BCUT2D eigenvalue weighted by Crippen LogP contribution is 2.17. The molecule has 1 amide bonds. The second-order valence-electron chi connectivity index (χ2n) is 5.54. The lowest BCUT2D eigenvalue weighted by Crippen LogP contribution is -2.20. The summed E-state index contributed by atoms with van der Waals surface area (Å²) in [6.07, 6.45) is 0. The molecule has 0 radical (unpaired) electrons. The average Bonchev–Trinajstić information content (AvgIpc) is 3.20. The molecule has 2 heterocycles. The lowest BCUT2D eigenvalue weighted by atomic mass is 10.2. The highest BCUT2D eigenvalue weighted by atomic mass is 35.5. The molecule has 3 N–H and O–H groups in total. The van der Waals surface area contributed by atoms with E-state index in [2.05, 4.69) is 30.7 Å². The molecule has 26 heavy (non-hydrogen) atoms. The maximum Gasteiger partial charge on any atom is 0.323 e. The number of imidazole rings is 1. The number of nitrogens with one attached hydrogen (secondary N) is 3. The Morgan fingerprint density at radius 2 is 1.88 bits per heavy atom. The SMILES string of the molecule is O=C(Cn1nnc(-c2ccc(Cl)cc2)n1)Nc1ccc2[nH]c(=O)[nH]c2c1. The van der Waals surface area contributed by atoms with Crippen LogP contribution in [-0.4, -0.2) is 36.1 Å². The minimum Gasteiger partial charge on any atom is -0.324 e. The molecule has 130 valence electrons. The summed E-state index contributed by atoms with van der Waals surface area (Å²) >= 11 is 5.85. The van der Waals surface area contributed by atoms with Crippen LogP contribution < -0.4 is 11.0 Å². The Kier molecular flexibility index (Phi) is 3.98. The zero-order valence-corrected chi connectivity index (χ0v) is 14.0. The number of carbonyl (C=O) groups excluding carboxylic acids is 1. The fraction of sp³-hybridized carbons (Fsp3) is 0.0625. The molecule has 0 aliphatic rings. The summed E-state index contributed by atoms with van der Waals surface area (Å²) in [6.45, 7) is -0.0950. The van der Waals surface area contributed by atoms with Gasteiger partial charge in [-0.3, -0.25) is 4.79 Å². The molecule has 0 fully saturated rings. The van der Waals surface area contributed by atoms with E-state index < -0.39 is 0 Å². The second-order valence-corrected chi connectivity index (χ2v) is 5.97. The fourth-order valence-corrected chi connectivity index (χ4v) is 2.59. The van der Waals surface area contributed by atoms with E-state index in [-0.39, 0.29) is 18.1 Å². The molecule has 0 aliphatic heterocycles. The van der Waals surface area contributed by atoms with Gasteiger partial charge >= 0.3 is 5.69 Å². The number of nitrogens with zero attached hydrogens (tertiary/aromatic N) is 4. The quantitative estimate of drug-likeness (QED) is 0.506. The van der Waals surface area contributed by atoms with Gasteiger partial charge in [-0.05, 0) is 47.7 Å². The predicted octanol–water partition coefficient (Wildman–Crippen LogP) is 1.80. The maximum absolute atomic E-state index is 12.2. The summed E-state index contributed by atoms with van der Waals surface area (Å²) in [5, 5.41) is 15.3. The van der Waals surface area contributed by atoms with Gasteiger partial charge in [-0.25, -0.2) is 4.79 Å². The Morgan fingerprint density at radius 1 is 1.12 bits per heavy atom. The molecular formula is C16H12ClN7O2. The number of amides is 1. The summed E-state index contributed by atoms with van der Waals surface area (Å²) in [5.41, 5.74) is 2.28. The lowest BCUT2D eigenvalue weighted by molar-refractivity contribution is -0.117. The van der Waals surface area contributed by atoms with Crippen molar-refractivity contribution in [2.45, 2.75) is 6.54 Å². The second kappa shape index (κ2) is 6.45. The molecule has 9 nitrogen and oxygen atoms in total. The molecule has 0 saturated carbocycles. The van der Waals surface area contributed by atoms with Gasteiger partial charge in [0.1, 0.15) is 6.54 Å². The maximum atomic E-state index is 12.2. The van der Waals surface area contributed by atoms with Gasteiger partial charge in [0.15, 0.2) is 0 Å². The molecule has 0 aliphatic carbocycles. The topological polar surface area (TPSA) is 121 Å². The number of carbonyl (C=O) groups is 1. The van der Waals surface area contributed by atoms with Crippen molar-refractivity contribution in [3.63, 3.8) is 0 Å². The highest BCUT2D eigenvalue weighted by Gasteiger charge is 2.10. The number of halogens is 1. The number of H-pyrrole nitrogens is 2. The van der Waals surface area contributed by atoms with Gasteiger partial charge < -0.3 is 15.3 Å². The van der Waals surface area contributed by atoms with Crippen LogP contribution in [0.15, 0.2) is 47.3 Å². The van der Waals surface area contributed by atoms with E-state index in [1.54, 1.807) is 42.5 Å². The van der Waals surface area contributed by atoms with Gasteiger partial charge in [-0.2, -0.15) is 4.80 Å². The van der Waals surface area contributed by atoms with Crippen LogP contribution in [0.1, 0.15) is 0 Å². The summed E-state index contributed by atoms with van der Waals surface area (Å²) in [5.74, 6) is 0.0862. The van der Waals surface area contributed by atoms with Gasteiger partial charge in [-0.1, -0.05) is 11.6 Å². The van der Waals surface area contributed by atoms with Crippen molar-refractivity contribution in [2.24, 2.45) is 0 Å². The molecule has 4 rings (SSSR count). The molecule has 0 bridgehead atoms. The Labute approximate surface area is 151 Å². The largest absolute Gasteiger partial charge is 0.324 e. The van der Waals surface area contributed by atoms with E-state index in [0.717, 1.165) is 5.56 Å². The van der Waals surface area contributed by atoms with E-state index in [0.29, 0.717) is 27.6 Å². The van der Waals surface area contributed by atoms with Crippen molar-refractivity contribution in [2.75, 3.05) is 5.32 Å². The van der Waals surface area contributed by atoms with Crippen LogP contribution in [0, 0.1) is 0 Å². The van der Waals surface area contributed by atoms with E-state index in [4.69, 9.17) is 11.6 Å². The first-order valence-corrected chi connectivity index (χ1v) is 8.00. The van der Waals surface area contributed by atoms with Gasteiger partial charge in [0.05, 0.1) is 11.0 Å². The van der Waals surface area contributed by atoms with Crippen molar-refractivity contribution < 1.29 is 4.79 Å². The third kappa shape index (κ3) is 3.33. The molecule has 10 heteroatoms. The van der Waals surface area contributed by atoms with E-state index in [1.165, 1.54) is 4.80 Å². The third-order valence-electron chi connectivity index (χ3n) is 3.64. The molecule has 2 aromatic heterocycles. The van der Waals surface area contributed by atoms with Crippen LogP contribution >= 0.6 is 11.6 Å². The number of anilines is 1. The number of hydrogen-bond acceptors (Lipinski definition) is 5. The Morgan fingerprint density at radius 3 is 2.69 bits per heavy atom. The van der Waals surface area contributed by atoms with Crippen LogP contribution in [0.3, 0.4) is 0 Å².